The Labute approximate surface area is 94.2 Å². The lowest BCUT2D eigenvalue weighted by molar-refractivity contribution is 0.0687. The minimum absolute atomic E-state index is 0.135. The molecule has 0 spiro atoms. The third-order valence-corrected chi connectivity index (χ3v) is 3.04. The van der Waals surface area contributed by atoms with E-state index in [1.807, 2.05) is 13.8 Å². The number of rotatable bonds is 2. The minimum Gasteiger partial charge on any atom is -0.476 e. The first-order valence-corrected chi connectivity index (χ1v) is 5.62. The van der Waals surface area contributed by atoms with Crippen LogP contribution in [0.15, 0.2) is 0 Å². The summed E-state index contributed by atoms with van der Waals surface area (Å²) in [6.45, 7) is 4.00. The second-order valence-corrected chi connectivity index (χ2v) is 4.55. The van der Waals surface area contributed by atoms with Gasteiger partial charge in [0.25, 0.3) is 0 Å². The van der Waals surface area contributed by atoms with Crippen LogP contribution in [-0.2, 0) is 6.42 Å². The largest absolute Gasteiger partial charge is 0.476 e. The molecule has 5 heteroatoms. The topological polar surface area (TPSA) is 81.1 Å². The predicted octanol–water partition coefficient (Wildman–Crippen LogP) is 1.50. The van der Waals surface area contributed by atoms with Gasteiger partial charge in [-0.15, -0.1) is 0 Å². The zero-order valence-corrected chi connectivity index (χ0v) is 9.60. The fourth-order valence-electron chi connectivity index (χ4n) is 2.34. The molecular weight excluding hydrogens is 206 g/mol. The number of fused-ring (bicyclic) bond motifs is 1. The van der Waals surface area contributed by atoms with Gasteiger partial charge < -0.3 is 10.8 Å². The summed E-state index contributed by atoms with van der Waals surface area (Å²) >= 11 is 0. The van der Waals surface area contributed by atoms with E-state index in [0.29, 0.717) is 0 Å². The molecule has 1 aromatic heterocycles. The first-order chi connectivity index (χ1) is 7.52. The van der Waals surface area contributed by atoms with Crippen molar-refractivity contribution >= 4 is 5.97 Å². The molecule has 1 aliphatic rings. The van der Waals surface area contributed by atoms with Crippen molar-refractivity contribution in [3.63, 3.8) is 0 Å². The summed E-state index contributed by atoms with van der Waals surface area (Å²) in [6, 6.07) is -0.00509. The van der Waals surface area contributed by atoms with Crippen molar-refractivity contribution < 1.29 is 9.90 Å². The summed E-state index contributed by atoms with van der Waals surface area (Å²) in [5.74, 6) is -0.979. The third-order valence-electron chi connectivity index (χ3n) is 3.04. The van der Waals surface area contributed by atoms with E-state index < -0.39 is 5.97 Å². The summed E-state index contributed by atoms with van der Waals surface area (Å²) in [5.41, 5.74) is 7.87. The highest BCUT2D eigenvalue weighted by Crippen LogP contribution is 2.32. The molecular formula is C11H17N3O2. The number of carboxylic acid groups (broad SMARTS) is 1. The van der Waals surface area contributed by atoms with Crippen LogP contribution in [0.3, 0.4) is 0 Å². The summed E-state index contributed by atoms with van der Waals surface area (Å²) in [5, 5.41) is 13.3. The molecule has 2 rings (SSSR count). The van der Waals surface area contributed by atoms with Gasteiger partial charge in [0, 0.05) is 23.3 Å². The molecule has 0 aliphatic heterocycles. The smallest absolute Gasteiger partial charge is 0.356 e. The average Bonchev–Trinajstić information content (AvgIpc) is 2.58. The molecule has 0 aromatic carbocycles. The molecule has 3 N–H and O–H groups in total. The van der Waals surface area contributed by atoms with E-state index in [4.69, 9.17) is 10.8 Å². The molecule has 1 unspecified atom stereocenters. The summed E-state index contributed by atoms with van der Waals surface area (Å²) in [7, 11) is 0. The monoisotopic (exact) mass is 223 g/mol. The molecule has 0 saturated heterocycles. The molecule has 1 aromatic rings. The van der Waals surface area contributed by atoms with Crippen molar-refractivity contribution in [1.29, 1.82) is 0 Å². The van der Waals surface area contributed by atoms with Gasteiger partial charge in [-0.3, -0.25) is 4.68 Å². The molecule has 1 heterocycles. The van der Waals surface area contributed by atoms with E-state index in [9.17, 15) is 4.79 Å². The van der Waals surface area contributed by atoms with Gasteiger partial charge in [0.05, 0.1) is 0 Å². The molecule has 1 aliphatic carbocycles. The molecule has 0 saturated carbocycles. The highest BCUT2D eigenvalue weighted by atomic mass is 16.4. The van der Waals surface area contributed by atoms with E-state index in [1.54, 1.807) is 4.68 Å². The number of carboxylic acids is 1. The Morgan fingerprint density at radius 2 is 2.31 bits per heavy atom. The van der Waals surface area contributed by atoms with E-state index in [2.05, 4.69) is 5.10 Å². The van der Waals surface area contributed by atoms with Crippen LogP contribution in [0.2, 0.25) is 0 Å². The van der Waals surface area contributed by atoms with E-state index >= 15 is 0 Å². The number of nitrogens with two attached hydrogens (primary N) is 1. The maximum atomic E-state index is 11.1. The Bertz CT molecular complexity index is 423. The maximum Gasteiger partial charge on any atom is 0.356 e. The van der Waals surface area contributed by atoms with Crippen LogP contribution in [0.25, 0.3) is 0 Å². The molecule has 1 atom stereocenters. The lowest BCUT2D eigenvalue weighted by Gasteiger charge is -2.21. The van der Waals surface area contributed by atoms with Crippen LogP contribution >= 0.6 is 0 Å². The normalized spacial score (nSPS) is 19.9. The van der Waals surface area contributed by atoms with Crippen molar-refractivity contribution in [3.05, 3.63) is 17.0 Å². The van der Waals surface area contributed by atoms with E-state index in [1.165, 1.54) is 0 Å². The van der Waals surface area contributed by atoms with Crippen molar-refractivity contribution in [3.8, 4) is 0 Å². The fraction of sp³-hybridized carbons (Fsp3) is 0.636. The zero-order chi connectivity index (χ0) is 11.9. The Morgan fingerprint density at radius 1 is 1.62 bits per heavy atom. The van der Waals surface area contributed by atoms with Gasteiger partial charge in [-0.25, -0.2) is 4.79 Å². The highest BCUT2D eigenvalue weighted by Gasteiger charge is 2.29. The summed E-state index contributed by atoms with van der Waals surface area (Å²) in [6.07, 6.45) is 2.73. The summed E-state index contributed by atoms with van der Waals surface area (Å²) in [4.78, 5) is 11.1. The van der Waals surface area contributed by atoms with Crippen molar-refractivity contribution in [1.82, 2.24) is 9.78 Å². The predicted molar refractivity (Wildman–Crippen MR) is 59.4 cm³/mol. The molecule has 0 bridgehead atoms. The summed E-state index contributed by atoms with van der Waals surface area (Å²) < 4.78 is 1.80. The lowest BCUT2D eigenvalue weighted by atomic mass is 9.91. The van der Waals surface area contributed by atoms with Crippen LogP contribution in [0.5, 0.6) is 0 Å². The van der Waals surface area contributed by atoms with Crippen LogP contribution < -0.4 is 5.73 Å². The quantitative estimate of drug-likeness (QED) is 0.796. The van der Waals surface area contributed by atoms with Crippen LogP contribution in [-0.4, -0.2) is 20.9 Å². The molecule has 0 fully saturated rings. The fourth-order valence-corrected chi connectivity index (χ4v) is 2.34. The molecule has 0 amide bonds. The van der Waals surface area contributed by atoms with E-state index in [0.717, 1.165) is 30.5 Å². The number of carbonyl (C=O) groups is 1. The van der Waals surface area contributed by atoms with Gasteiger partial charge in [0.2, 0.25) is 0 Å². The lowest BCUT2D eigenvalue weighted by Crippen LogP contribution is -2.20. The highest BCUT2D eigenvalue weighted by molar-refractivity contribution is 5.87. The Balaban J connectivity index is 2.60. The minimum atomic E-state index is -0.979. The average molecular weight is 223 g/mol. The Kier molecular flexibility index (Phi) is 2.71. The molecule has 16 heavy (non-hydrogen) atoms. The zero-order valence-electron chi connectivity index (χ0n) is 9.60. The Hall–Kier alpha value is -1.36. The Morgan fingerprint density at radius 3 is 2.88 bits per heavy atom. The van der Waals surface area contributed by atoms with Gasteiger partial charge in [-0.05, 0) is 33.1 Å². The molecule has 0 radical (unpaired) electrons. The van der Waals surface area contributed by atoms with Gasteiger partial charge in [-0.2, -0.15) is 5.10 Å². The second kappa shape index (κ2) is 3.90. The number of hydrogen-bond donors (Lipinski definition) is 2. The van der Waals surface area contributed by atoms with Crippen LogP contribution in [0.4, 0.5) is 0 Å². The molecule has 88 valence electrons. The first kappa shape index (κ1) is 11.1. The first-order valence-electron chi connectivity index (χ1n) is 5.62. The standard InChI is InChI=1S/C11H17N3O2/c1-6(2)14-8-5-3-4-7(12)9(8)10(13-14)11(15)16/h6-7H,3-5,12H2,1-2H3,(H,15,16). The van der Waals surface area contributed by atoms with Crippen molar-refractivity contribution in [2.24, 2.45) is 5.73 Å². The maximum absolute atomic E-state index is 11.1. The third kappa shape index (κ3) is 1.61. The van der Waals surface area contributed by atoms with Crippen LogP contribution in [0.1, 0.15) is 60.5 Å². The van der Waals surface area contributed by atoms with E-state index in [-0.39, 0.29) is 17.8 Å². The van der Waals surface area contributed by atoms with Crippen molar-refractivity contribution in [2.75, 3.05) is 0 Å². The number of aromatic carboxylic acids is 1. The van der Waals surface area contributed by atoms with Crippen molar-refractivity contribution in [2.45, 2.75) is 45.2 Å². The molecule has 5 nitrogen and oxygen atoms in total. The van der Waals surface area contributed by atoms with Gasteiger partial charge in [-0.1, -0.05) is 0 Å². The number of nitrogens with zero attached hydrogens (tertiary/aromatic N) is 2. The van der Waals surface area contributed by atoms with Crippen LogP contribution in [0, 0.1) is 0 Å². The van der Waals surface area contributed by atoms with Gasteiger partial charge in [0.15, 0.2) is 5.69 Å². The van der Waals surface area contributed by atoms with Gasteiger partial charge >= 0.3 is 5.97 Å². The number of hydrogen-bond acceptors (Lipinski definition) is 3. The van der Waals surface area contributed by atoms with Gasteiger partial charge in [0.1, 0.15) is 0 Å². The second-order valence-electron chi connectivity index (χ2n) is 4.55. The SMILES string of the molecule is CC(C)n1nc(C(=O)O)c2c1CCCC2N. The number of aromatic nitrogens is 2.